The molecule has 0 aromatic rings. The summed E-state index contributed by atoms with van der Waals surface area (Å²) < 4.78 is 9.78. The highest BCUT2D eigenvalue weighted by molar-refractivity contribution is 6.32. The normalized spacial score (nSPS) is 16.8. The van der Waals surface area contributed by atoms with E-state index in [-0.39, 0.29) is 6.61 Å². The fourth-order valence-electron chi connectivity index (χ4n) is 1.53. The van der Waals surface area contributed by atoms with E-state index < -0.39 is 11.9 Å². The molecule has 2 N–H and O–H groups in total. The number of quaternary nitrogens is 1. The van der Waals surface area contributed by atoms with Crippen molar-refractivity contribution in [1.82, 2.24) is 5.32 Å². The molecule has 16 heavy (non-hydrogen) atoms. The Bertz CT molecular complexity index is 239. The summed E-state index contributed by atoms with van der Waals surface area (Å²) in [6.45, 7) is 6.64. The lowest BCUT2D eigenvalue weighted by Crippen LogP contribution is -3.14. The molecule has 1 fully saturated rings. The molecule has 1 rings (SSSR count). The van der Waals surface area contributed by atoms with E-state index in [2.05, 4.69) is 10.1 Å². The van der Waals surface area contributed by atoms with Crippen LogP contribution in [0.4, 0.5) is 0 Å². The lowest BCUT2D eigenvalue weighted by molar-refractivity contribution is -0.906. The van der Waals surface area contributed by atoms with Gasteiger partial charge in [0.2, 0.25) is 0 Å². The van der Waals surface area contributed by atoms with Gasteiger partial charge in [-0.2, -0.15) is 0 Å². The molecule has 1 saturated heterocycles. The minimum Gasteiger partial charge on any atom is -0.459 e. The van der Waals surface area contributed by atoms with Gasteiger partial charge in [0.25, 0.3) is 0 Å². The molecule has 92 valence electrons. The van der Waals surface area contributed by atoms with Gasteiger partial charge in [0.15, 0.2) is 0 Å². The standard InChI is InChI=1S/C10H18N2O4/c1-2-16-10(14)9(13)11-3-4-12-5-7-15-8-6-12/h2-8H2,1H3,(H,11,13)/p+1. The average Bonchev–Trinajstić information content (AvgIpc) is 2.30. The topological polar surface area (TPSA) is 69.1 Å². The first-order chi connectivity index (χ1) is 7.74. The Morgan fingerprint density at radius 1 is 1.38 bits per heavy atom. The average molecular weight is 231 g/mol. The molecule has 0 aromatic carbocycles. The lowest BCUT2D eigenvalue weighted by atomic mass is 10.4. The Balaban J connectivity index is 2.09. The van der Waals surface area contributed by atoms with Gasteiger partial charge in [0.1, 0.15) is 13.1 Å². The van der Waals surface area contributed by atoms with Gasteiger partial charge in [-0.3, -0.25) is 4.79 Å². The highest BCUT2D eigenvalue weighted by Crippen LogP contribution is 1.78. The zero-order chi connectivity index (χ0) is 11.8. The summed E-state index contributed by atoms with van der Waals surface area (Å²) in [5, 5.41) is 2.54. The number of carbonyl (C=O) groups is 2. The van der Waals surface area contributed by atoms with Crippen LogP contribution < -0.4 is 10.2 Å². The van der Waals surface area contributed by atoms with Crippen LogP contribution in [-0.4, -0.2) is 57.9 Å². The first-order valence-electron chi connectivity index (χ1n) is 5.60. The van der Waals surface area contributed by atoms with Crippen molar-refractivity contribution >= 4 is 11.9 Å². The minimum absolute atomic E-state index is 0.223. The third-order valence-corrected chi connectivity index (χ3v) is 2.42. The lowest BCUT2D eigenvalue weighted by Gasteiger charge is -2.23. The highest BCUT2D eigenvalue weighted by Gasteiger charge is 2.16. The van der Waals surface area contributed by atoms with Gasteiger partial charge in [0.05, 0.1) is 32.9 Å². The monoisotopic (exact) mass is 231 g/mol. The molecule has 0 saturated carbocycles. The molecule has 1 heterocycles. The maximum Gasteiger partial charge on any atom is 0.396 e. The van der Waals surface area contributed by atoms with Gasteiger partial charge >= 0.3 is 11.9 Å². The van der Waals surface area contributed by atoms with Crippen molar-refractivity contribution in [2.45, 2.75) is 6.92 Å². The highest BCUT2D eigenvalue weighted by atomic mass is 16.5. The van der Waals surface area contributed by atoms with Gasteiger partial charge in [-0.05, 0) is 6.92 Å². The second-order valence-corrected chi connectivity index (χ2v) is 3.59. The maximum atomic E-state index is 11.2. The molecule has 0 spiro atoms. The summed E-state index contributed by atoms with van der Waals surface area (Å²) in [4.78, 5) is 23.5. The Morgan fingerprint density at radius 3 is 2.69 bits per heavy atom. The van der Waals surface area contributed by atoms with Crippen LogP contribution >= 0.6 is 0 Å². The van der Waals surface area contributed by atoms with Gasteiger partial charge in [-0.25, -0.2) is 4.79 Å². The fourth-order valence-corrected chi connectivity index (χ4v) is 1.53. The van der Waals surface area contributed by atoms with Gasteiger partial charge in [-0.1, -0.05) is 0 Å². The number of rotatable bonds is 4. The molecule has 1 aliphatic rings. The summed E-state index contributed by atoms with van der Waals surface area (Å²) in [5.74, 6) is -1.46. The summed E-state index contributed by atoms with van der Waals surface area (Å²) >= 11 is 0. The van der Waals surface area contributed by atoms with Crippen LogP contribution in [0.5, 0.6) is 0 Å². The molecule has 0 bridgehead atoms. The van der Waals surface area contributed by atoms with E-state index in [4.69, 9.17) is 4.74 Å². The largest absolute Gasteiger partial charge is 0.459 e. The van der Waals surface area contributed by atoms with Gasteiger partial charge < -0.3 is 19.7 Å². The smallest absolute Gasteiger partial charge is 0.396 e. The van der Waals surface area contributed by atoms with Crippen LogP contribution in [0.3, 0.4) is 0 Å². The molecule has 0 aromatic heterocycles. The van der Waals surface area contributed by atoms with Crippen LogP contribution in [0.25, 0.3) is 0 Å². The number of carbonyl (C=O) groups excluding carboxylic acids is 2. The predicted molar refractivity (Wildman–Crippen MR) is 56.0 cm³/mol. The van der Waals surface area contributed by atoms with Crippen LogP contribution in [0.2, 0.25) is 0 Å². The summed E-state index contributed by atoms with van der Waals surface area (Å²) in [7, 11) is 0. The molecule has 6 nitrogen and oxygen atoms in total. The molecular formula is C10H19N2O4+. The van der Waals surface area contributed by atoms with Crippen LogP contribution in [0.1, 0.15) is 6.92 Å². The number of ether oxygens (including phenoxy) is 2. The molecule has 6 heteroatoms. The molecule has 1 aliphatic heterocycles. The van der Waals surface area contributed by atoms with Gasteiger partial charge in [0, 0.05) is 0 Å². The number of amides is 1. The van der Waals surface area contributed by atoms with Gasteiger partial charge in [-0.15, -0.1) is 0 Å². The zero-order valence-electron chi connectivity index (χ0n) is 9.58. The Hall–Kier alpha value is -1.14. The van der Waals surface area contributed by atoms with E-state index in [0.29, 0.717) is 6.54 Å². The van der Waals surface area contributed by atoms with Crippen LogP contribution in [0, 0.1) is 0 Å². The zero-order valence-corrected chi connectivity index (χ0v) is 9.58. The van der Waals surface area contributed by atoms with Crippen molar-refractivity contribution in [3.8, 4) is 0 Å². The van der Waals surface area contributed by atoms with Crippen molar-refractivity contribution in [3.63, 3.8) is 0 Å². The third kappa shape index (κ3) is 4.59. The Kier molecular flexibility index (Phi) is 5.81. The molecule has 1 amide bonds. The second-order valence-electron chi connectivity index (χ2n) is 3.59. The van der Waals surface area contributed by atoms with E-state index in [0.717, 1.165) is 32.8 Å². The predicted octanol–water partition coefficient (Wildman–Crippen LogP) is -2.42. The van der Waals surface area contributed by atoms with E-state index in [1.165, 1.54) is 4.90 Å². The van der Waals surface area contributed by atoms with Crippen LogP contribution in [-0.2, 0) is 19.1 Å². The summed E-state index contributed by atoms with van der Waals surface area (Å²) in [6.07, 6.45) is 0. The number of morpholine rings is 1. The summed E-state index contributed by atoms with van der Waals surface area (Å²) in [6, 6.07) is 0. The summed E-state index contributed by atoms with van der Waals surface area (Å²) in [5.41, 5.74) is 0. The number of hydrogen-bond donors (Lipinski definition) is 2. The molecule has 0 unspecified atom stereocenters. The molecular weight excluding hydrogens is 212 g/mol. The SMILES string of the molecule is CCOC(=O)C(=O)NCC[NH+]1CCOCC1. The van der Waals surface area contributed by atoms with Crippen molar-refractivity contribution in [3.05, 3.63) is 0 Å². The number of nitrogens with one attached hydrogen (secondary N) is 2. The third-order valence-electron chi connectivity index (χ3n) is 2.42. The number of hydrogen-bond acceptors (Lipinski definition) is 4. The Labute approximate surface area is 94.9 Å². The minimum atomic E-state index is -0.806. The fraction of sp³-hybridized carbons (Fsp3) is 0.800. The first kappa shape index (κ1) is 12.9. The van der Waals surface area contributed by atoms with Crippen molar-refractivity contribution < 1.29 is 24.0 Å². The van der Waals surface area contributed by atoms with Crippen molar-refractivity contribution in [2.24, 2.45) is 0 Å². The second kappa shape index (κ2) is 7.19. The van der Waals surface area contributed by atoms with E-state index in [9.17, 15) is 9.59 Å². The maximum absolute atomic E-state index is 11.2. The molecule has 0 radical (unpaired) electrons. The number of esters is 1. The molecule has 0 atom stereocenters. The first-order valence-corrected chi connectivity index (χ1v) is 5.60. The van der Waals surface area contributed by atoms with Crippen molar-refractivity contribution in [1.29, 1.82) is 0 Å². The Morgan fingerprint density at radius 2 is 2.06 bits per heavy atom. The molecule has 0 aliphatic carbocycles. The van der Waals surface area contributed by atoms with E-state index in [1.807, 2.05) is 0 Å². The van der Waals surface area contributed by atoms with Crippen LogP contribution in [0.15, 0.2) is 0 Å². The quantitative estimate of drug-likeness (QED) is 0.417. The van der Waals surface area contributed by atoms with E-state index >= 15 is 0 Å². The van der Waals surface area contributed by atoms with E-state index in [1.54, 1.807) is 6.92 Å². The van der Waals surface area contributed by atoms with Crippen molar-refractivity contribution in [2.75, 3.05) is 46.0 Å².